The van der Waals surface area contributed by atoms with E-state index in [0.717, 1.165) is 24.6 Å². The molecule has 5 heteroatoms. The molecule has 0 aromatic heterocycles. The van der Waals surface area contributed by atoms with Crippen molar-refractivity contribution >= 4 is 17.5 Å². The van der Waals surface area contributed by atoms with Gasteiger partial charge in [-0.2, -0.15) is 0 Å². The van der Waals surface area contributed by atoms with Crippen LogP contribution in [0.4, 0.5) is 5.69 Å². The van der Waals surface area contributed by atoms with Crippen molar-refractivity contribution in [2.45, 2.75) is 59.0 Å². The lowest BCUT2D eigenvalue weighted by Crippen LogP contribution is -2.47. The molecule has 2 atom stereocenters. The summed E-state index contributed by atoms with van der Waals surface area (Å²) in [6, 6.07) is 7.75. The van der Waals surface area contributed by atoms with Crippen LogP contribution in [0, 0.1) is 11.8 Å². The zero-order valence-electron chi connectivity index (χ0n) is 16.9. The Bertz CT molecular complexity index is 656. The lowest BCUT2D eigenvalue weighted by molar-refractivity contribution is -0.136. The van der Waals surface area contributed by atoms with Crippen molar-refractivity contribution < 1.29 is 9.59 Å². The molecule has 2 unspecified atom stereocenters. The molecule has 0 saturated carbocycles. The molecule has 5 nitrogen and oxygen atoms in total. The van der Waals surface area contributed by atoms with Gasteiger partial charge in [-0.05, 0) is 55.3 Å². The predicted molar refractivity (Wildman–Crippen MR) is 108 cm³/mol. The molecule has 0 bridgehead atoms. The number of hydrogen-bond donors (Lipinski definition) is 1. The zero-order chi connectivity index (χ0) is 19.4. The van der Waals surface area contributed by atoms with E-state index in [9.17, 15) is 9.59 Å². The average Bonchev–Trinajstić information content (AvgIpc) is 3.02. The average molecular weight is 372 g/mol. The first-order chi connectivity index (χ1) is 12.9. The van der Waals surface area contributed by atoms with Crippen molar-refractivity contribution in [2.75, 3.05) is 25.0 Å². The number of benzene rings is 1. The molecule has 2 saturated heterocycles. The summed E-state index contributed by atoms with van der Waals surface area (Å²) in [4.78, 5) is 29.1. The smallest absolute Gasteiger partial charge is 0.247 e. The molecule has 27 heavy (non-hydrogen) atoms. The highest BCUT2D eigenvalue weighted by Crippen LogP contribution is 2.22. The highest BCUT2D eigenvalue weighted by molar-refractivity contribution is 5.97. The van der Waals surface area contributed by atoms with Crippen LogP contribution in [0.3, 0.4) is 0 Å². The largest absolute Gasteiger partial charge is 0.330 e. The van der Waals surface area contributed by atoms with Crippen LogP contribution in [0.2, 0.25) is 0 Å². The Labute approximate surface area is 163 Å². The van der Waals surface area contributed by atoms with Crippen molar-refractivity contribution in [1.82, 2.24) is 9.80 Å². The minimum Gasteiger partial charge on any atom is -0.330 e. The van der Waals surface area contributed by atoms with E-state index in [1.54, 1.807) is 4.90 Å². The van der Waals surface area contributed by atoms with Gasteiger partial charge >= 0.3 is 0 Å². The first-order valence-electron chi connectivity index (χ1n) is 10.4. The van der Waals surface area contributed by atoms with Gasteiger partial charge in [-0.3, -0.25) is 14.5 Å². The normalized spacial score (nSPS) is 22.3. The molecule has 2 heterocycles. The summed E-state index contributed by atoms with van der Waals surface area (Å²) in [6.07, 6.45) is 4.01. The Morgan fingerprint density at radius 2 is 1.93 bits per heavy atom. The van der Waals surface area contributed by atoms with Crippen molar-refractivity contribution in [3.8, 4) is 0 Å². The second-order valence-corrected chi connectivity index (χ2v) is 8.55. The van der Waals surface area contributed by atoms with E-state index >= 15 is 0 Å². The standard InChI is InChI=1S/C22H33N3O2/c1-16(2)21(25-13-5-7-20(25)26)22(27)23-19-10-8-18(9-11-19)15-24-12-4-6-17(3)14-24/h8-11,16-17,21H,4-7,12-15H2,1-3H3,(H,23,27). The molecule has 0 spiro atoms. The van der Waals surface area contributed by atoms with Crippen molar-refractivity contribution in [1.29, 1.82) is 0 Å². The molecular weight excluding hydrogens is 338 g/mol. The van der Waals surface area contributed by atoms with E-state index < -0.39 is 6.04 Å². The third-order valence-corrected chi connectivity index (χ3v) is 5.71. The number of piperidine rings is 1. The maximum Gasteiger partial charge on any atom is 0.247 e. The highest BCUT2D eigenvalue weighted by atomic mass is 16.2. The van der Waals surface area contributed by atoms with Crippen LogP contribution in [0.25, 0.3) is 0 Å². The molecule has 0 radical (unpaired) electrons. The molecule has 3 rings (SSSR count). The topological polar surface area (TPSA) is 52.7 Å². The number of hydrogen-bond acceptors (Lipinski definition) is 3. The summed E-state index contributed by atoms with van der Waals surface area (Å²) in [5.74, 6) is 0.874. The molecule has 148 valence electrons. The monoisotopic (exact) mass is 371 g/mol. The van der Waals surface area contributed by atoms with Crippen LogP contribution >= 0.6 is 0 Å². The number of likely N-dealkylation sites (tertiary alicyclic amines) is 2. The minimum atomic E-state index is -0.394. The number of carbonyl (C=O) groups excluding carboxylic acids is 2. The molecule has 2 aliphatic heterocycles. The Balaban J connectivity index is 1.59. The van der Waals surface area contributed by atoms with E-state index in [0.29, 0.717) is 13.0 Å². The van der Waals surface area contributed by atoms with E-state index in [1.807, 2.05) is 26.0 Å². The Hall–Kier alpha value is -1.88. The van der Waals surface area contributed by atoms with Crippen LogP contribution in [-0.4, -0.2) is 47.3 Å². The lowest BCUT2D eigenvalue weighted by Gasteiger charge is -2.31. The maximum absolute atomic E-state index is 12.8. The molecule has 2 fully saturated rings. The van der Waals surface area contributed by atoms with Gasteiger partial charge in [0.05, 0.1) is 0 Å². The van der Waals surface area contributed by atoms with Gasteiger partial charge in [0.15, 0.2) is 0 Å². The van der Waals surface area contributed by atoms with Crippen LogP contribution < -0.4 is 5.32 Å². The second-order valence-electron chi connectivity index (χ2n) is 8.55. The van der Waals surface area contributed by atoms with Gasteiger partial charge in [-0.15, -0.1) is 0 Å². The number of carbonyl (C=O) groups is 2. The summed E-state index contributed by atoms with van der Waals surface area (Å²) in [5, 5.41) is 3.01. The Kier molecular flexibility index (Phi) is 6.53. The predicted octanol–water partition coefficient (Wildman–Crippen LogP) is 3.50. The molecule has 1 aromatic carbocycles. The van der Waals surface area contributed by atoms with Gasteiger partial charge in [0.1, 0.15) is 6.04 Å². The molecule has 1 aromatic rings. The second kappa shape index (κ2) is 8.87. The maximum atomic E-state index is 12.8. The zero-order valence-corrected chi connectivity index (χ0v) is 16.9. The summed E-state index contributed by atoms with van der Waals surface area (Å²) in [5.41, 5.74) is 2.07. The number of rotatable bonds is 6. The summed E-state index contributed by atoms with van der Waals surface area (Å²) in [6.45, 7) is 10.3. The summed E-state index contributed by atoms with van der Waals surface area (Å²) < 4.78 is 0. The number of nitrogens with one attached hydrogen (secondary N) is 1. The van der Waals surface area contributed by atoms with Crippen molar-refractivity contribution in [3.05, 3.63) is 29.8 Å². The first kappa shape index (κ1) is 19.9. The summed E-state index contributed by atoms with van der Waals surface area (Å²) >= 11 is 0. The van der Waals surface area contributed by atoms with Gasteiger partial charge in [-0.1, -0.05) is 32.9 Å². The van der Waals surface area contributed by atoms with Crippen LogP contribution in [0.5, 0.6) is 0 Å². The SMILES string of the molecule is CC1CCCN(Cc2ccc(NC(=O)C(C(C)C)N3CCCC3=O)cc2)C1. The minimum absolute atomic E-state index is 0.0853. The molecule has 2 amide bonds. The van der Waals surface area contributed by atoms with Crippen molar-refractivity contribution in [3.63, 3.8) is 0 Å². The third kappa shape index (κ3) is 5.10. The van der Waals surface area contributed by atoms with E-state index in [1.165, 1.54) is 31.5 Å². The molecule has 2 aliphatic rings. The van der Waals surface area contributed by atoms with Crippen LogP contribution in [0.1, 0.15) is 52.0 Å². The van der Waals surface area contributed by atoms with Gasteiger partial charge in [0, 0.05) is 31.7 Å². The molecular formula is C22H33N3O2. The van der Waals surface area contributed by atoms with Gasteiger partial charge < -0.3 is 10.2 Å². The Morgan fingerprint density at radius 1 is 1.19 bits per heavy atom. The lowest BCUT2D eigenvalue weighted by atomic mass is 10.00. The van der Waals surface area contributed by atoms with Gasteiger partial charge in [-0.25, -0.2) is 0 Å². The van der Waals surface area contributed by atoms with Gasteiger partial charge in [0.2, 0.25) is 11.8 Å². The number of anilines is 1. The fourth-order valence-corrected chi connectivity index (χ4v) is 4.37. The fraction of sp³-hybridized carbons (Fsp3) is 0.636. The molecule has 1 N–H and O–H groups in total. The van der Waals surface area contributed by atoms with Crippen LogP contribution in [-0.2, 0) is 16.1 Å². The Morgan fingerprint density at radius 3 is 2.52 bits per heavy atom. The van der Waals surface area contributed by atoms with E-state index in [-0.39, 0.29) is 17.7 Å². The van der Waals surface area contributed by atoms with E-state index in [4.69, 9.17) is 0 Å². The fourth-order valence-electron chi connectivity index (χ4n) is 4.37. The molecule has 0 aliphatic carbocycles. The number of amides is 2. The van der Waals surface area contributed by atoms with Crippen molar-refractivity contribution in [2.24, 2.45) is 11.8 Å². The quantitative estimate of drug-likeness (QED) is 0.833. The highest BCUT2D eigenvalue weighted by Gasteiger charge is 2.34. The number of nitrogens with zero attached hydrogens (tertiary/aromatic N) is 2. The van der Waals surface area contributed by atoms with Gasteiger partial charge in [0.25, 0.3) is 0 Å². The van der Waals surface area contributed by atoms with E-state index in [2.05, 4.69) is 29.3 Å². The van der Waals surface area contributed by atoms with Crippen LogP contribution in [0.15, 0.2) is 24.3 Å². The third-order valence-electron chi connectivity index (χ3n) is 5.71. The summed E-state index contributed by atoms with van der Waals surface area (Å²) in [7, 11) is 0. The first-order valence-corrected chi connectivity index (χ1v) is 10.4.